The van der Waals surface area contributed by atoms with Crippen molar-refractivity contribution >= 4 is 40.6 Å². The van der Waals surface area contributed by atoms with Crippen molar-refractivity contribution in [2.45, 2.75) is 18.8 Å². The normalized spacial score (nSPS) is 14.1. The fourth-order valence-corrected chi connectivity index (χ4v) is 4.09. The van der Waals surface area contributed by atoms with Gasteiger partial charge in [0.2, 0.25) is 0 Å². The molecule has 4 nitrogen and oxygen atoms in total. The summed E-state index contributed by atoms with van der Waals surface area (Å²) in [5.41, 5.74) is 2.02. The van der Waals surface area contributed by atoms with Gasteiger partial charge in [0.15, 0.2) is 0 Å². The molecule has 29 heavy (non-hydrogen) atoms. The van der Waals surface area contributed by atoms with Crippen LogP contribution in [0, 0.1) is 0 Å². The number of benzene rings is 2. The van der Waals surface area contributed by atoms with E-state index >= 15 is 0 Å². The standard InChI is InChI=1S/C22H20Cl2N2O2S/c23-17-7-3-15(4-8-17)21(16-5-9-18(24)10-6-16)28-19-13-26(14-19)22(27)25-12-20-2-1-11-29-20/h1-11,19,21H,12-14H2,(H,25,27). The third kappa shape index (κ3) is 5.11. The van der Waals surface area contributed by atoms with Crippen LogP contribution in [0.2, 0.25) is 10.0 Å². The second-order valence-corrected chi connectivity index (χ2v) is 8.79. The summed E-state index contributed by atoms with van der Waals surface area (Å²) < 4.78 is 6.36. The van der Waals surface area contributed by atoms with Crippen LogP contribution < -0.4 is 5.32 Å². The molecule has 1 N–H and O–H groups in total. The first-order valence-corrected chi connectivity index (χ1v) is 10.9. The van der Waals surface area contributed by atoms with Gasteiger partial charge in [0, 0.05) is 14.9 Å². The molecule has 2 amide bonds. The van der Waals surface area contributed by atoms with E-state index in [9.17, 15) is 4.79 Å². The molecule has 0 unspecified atom stereocenters. The third-order valence-electron chi connectivity index (χ3n) is 4.80. The molecule has 7 heteroatoms. The predicted octanol–water partition coefficient (Wildman–Crippen LogP) is 5.75. The topological polar surface area (TPSA) is 41.6 Å². The van der Waals surface area contributed by atoms with Crippen molar-refractivity contribution in [2.75, 3.05) is 13.1 Å². The molecule has 1 aliphatic heterocycles. The molecular formula is C22H20Cl2N2O2S. The first kappa shape index (κ1) is 20.2. The molecule has 150 valence electrons. The molecule has 0 aliphatic carbocycles. The maximum absolute atomic E-state index is 12.3. The van der Waals surface area contributed by atoms with Crippen molar-refractivity contribution in [3.63, 3.8) is 0 Å². The highest BCUT2D eigenvalue weighted by atomic mass is 35.5. The van der Waals surface area contributed by atoms with Gasteiger partial charge in [-0.15, -0.1) is 11.3 Å². The fraction of sp³-hybridized carbons (Fsp3) is 0.227. The number of halogens is 2. The smallest absolute Gasteiger partial charge is 0.317 e. The molecule has 0 bridgehead atoms. The van der Waals surface area contributed by atoms with Crippen LogP contribution in [0.15, 0.2) is 66.0 Å². The van der Waals surface area contributed by atoms with Gasteiger partial charge in [0.25, 0.3) is 0 Å². The molecule has 4 rings (SSSR count). The minimum atomic E-state index is -0.245. The molecule has 1 aromatic heterocycles. The van der Waals surface area contributed by atoms with Crippen LogP contribution in [-0.2, 0) is 11.3 Å². The Kier molecular flexibility index (Phi) is 6.40. The van der Waals surface area contributed by atoms with Crippen molar-refractivity contribution < 1.29 is 9.53 Å². The van der Waals surface area contributed by atoms with Crippen LogP contribution in [0.1, 0.15) is 22.1 Å². The summed E-state index contributed by atoms with van der Waals surface area (Å²) in [4.78, 5) is 15.2. The van der Waals surface area contributed by atoms with Gasteiger partial charge in [-0.1, -0.05) is 53.5 Å². The number of hydrogen-bond donors (Lipinski definition) is 1. The molecule has 2 aromatic carbocycles. The lowest BCUT2D eigenvalue weighted by molar-refractivity contribution is -0.0645. The summed E-state index contributed by atoms with van der Waals surface area (Å²) in [5, 5.41) is 6.31. The predicted molar refractivity (Wildman–Crippen MR) is 118 cm³/mol. The number of urea groups is 1. The Hall–Kier alpha value is -2.05. The fourth-order valence-electron chi connectivity index (χ4n) is 3.19. The van der Waals surface area contributed by atoms with Crippen molar-refractivity contribution in [3.8, 4) is 0 Å². The summed E-state index contributed by atoms with van der Waals surface area (Å²) in [5.74, 6) is 0. The number of ether oxygens (including phenoxy) is 1. The Morgan fingerprint density at radius 3 is 2.14 bits per heavy atom. The van der Waals surface area contributed by atoms with Gasteiger partial charge in [-0.2, -0.15) is 0 Å². The zero-order valence-electron chi connectivity index (χ0n) is 15.6. The van der Waals surface area contributed by atoms with Gasteiger partial charge in [0.05, 0.1) is 25.7 Å². The first-order valence-electron chi connectivity index (χ1n) is 9.30. The molecule has 0 radical (unpaired) electrons. The van der Waals surface area contributed by atoms with E-state index in [0.29, 0.717) is 29.7 Å². The van der Waals surface area contributed by atoms with Crippen LogP contribution in [0.4, 0.5) is 4.79 Å². The number of likely N-dealkylation sites (tertiary alicyclic amines) is 1. The van der Waals surface area contributed by atoms with E-state index in [1.165, 1.54) is 0 Å². The lowest BCUT2D eigenvalue weighted by Crippen LogP contribution is -2.57. The molecule has 0 spiro atoms. The minimum absolute atomic E-state index is 0.0288. The Labute approximate surface area is 184 Å². The van der Waals surface area contributed by atoms with Crippen molar-refractivity contribution in [1.29, 1.82) is 0 Å². The summed E-state index contributed by atoms with van der Waals surface area (Å²) in [6.07, 6.45) is -0.273. The van der Waals surface area contributed by atoms with Gasteiger partial charge in [0.1, 0.15) is 6.10 Å². The van der Waals surface area contributed by atoms with Crippen molar-refractivity contribution in [3.05, 3.63) is 92.1 Å². The monoisotopic (exact) mass is 446 g/mol. The Morgan fingerprint density at radius 2 is 1.62 bits per heavy atom. The van der Waals surface area contributed by atoms with E-state index < -0.39 is 0 Å². The number of carbonyl (C=O) groups is 1. The molecule has 0 atom stereocenters. The SMILES string of the molecule is O=C(NCc1cccs1)N1CC(OC(c2ccc(Cl)cc2)c2ccc(Cl)cc2)C1. The number of nitrogens with one attached hydrogen (secondary N) is 1. The lowest BCUT2D eigenvalue weighted by atomic mass is 10.0. The first-order chi connectivity index (χ1) is 14.1. The van der Waals surface area contributed by atoms with E-state index in [1.54, 1.807) is 16.2 Å². The van der Waals surface area contributed by atoms with Crippen molar-refractivity contribution in [2.24, 2.45) is 0 Å². The molecular weight excluding hydrogens is 427 g/mol. The maximum Gasteiger partial charge on any atom is 0.317 e. The zero-order valence-corrected chi connectivity index (χ0v) is 17.9. The second-order valence-electron chi connectivity index (χ2n) is 6.88. The van der Waals surface area contributed by atoms with E-state index in [0.717, 1.165) is 16.0 Å². The second kappa shape index (κ2) is 9.18. The van der Waals surface area contributed by atoms with Crippen LogP contribution in [0.5, 0.6) is 0 Å². The lowest BCUT2D eigenvalue weighted by Gasteiger charge is -2.40. The minimum Gasteiger partial charge on any atom is -0.362 e. The highest BCUT2D eigenvalue weighted by Crippen LogP contribution is 2.31. The van der Waals surface area contributed by atoms with Gasteiger partial charge >= 0.3 is 6.03 Å². The van der Waals surface area contributed by atoms with Crippen molar-refractivity contribution in [1.82, 2.24) is 10.2 Å². The van der Waals surface area contributed by atoms with E-state index in [4.69, 9.17) is 27.9 Å². The van der Waals surface area contributed by atoms with Crippen LogP contribution in [0.3, 0.4) is 0 Å². The third-order valence-corrected chi connectivity index (χ3v) is 6.18. The molecule has 1 saturated heterocycles. The Morgan fingerprint density at radius 1 is 1.03 bits per heavy atom. The summed E-state index contributed by atoms with van der Waals surface area (Å²) in [7, 11) is 0. The van der Waals surface area contributed by atoms with Crippen LogP contribution >= 0.6 is 34.5 Å². The molecule has 1 aliphatic rings. The number of rotatable bonds is 6. The van der Waals surface area contributed by atoms with Gasteiger partial charge in [-0.25, -0.2) is 4.79 Å². The quantitative estimate of drug-likeness (QED) is 0.523. The highest BCUT2D eigenvalue weighted by molar-refractivity contribution is 7.09. The van der Waals surface area contributed by atoms with Gasteiger partial charge in [-0.05, 0) is 46.8 Å². The van der Waals surface area contributed by atoms with E-state index in [-0.39, 0.29) is 18.2 Å². The molecule has 3 aromatic rings. The number of thiophene rings is 1. The average molecular weight is 447 g/mol. The number of nitrogens with zero attached hydrogens (tertiary/aromatic N) is 1. The number of amides is 2. The molecule has 2 heterocycles. The maximum atomic E-state index is 12.3. The Bertz CT molecular complexity index is 894. The van der Waals surface area contributed by atoms with E-state index in [1.807, 2.05) is 66.0 Å². The summed E-state index contributed by atoms with van der Waals surface area (Å²) in [6.45, 7) is 1.68. The summed E-state index contributed by atoms with van der Waals surface area (Å²) in [6, 6.07) is 19.2. The summed E-state index contributed by atoms with van der Waals surface area (Å²) >= 11 is 13.7. The zero-order chi connectivity index (χ0) is 20.2. The number of carbonyl (C=O) groups excluding carboxylic acids is 1. The van der Waals surface area contributed by atoms with E-state index in [2.05, 4.69) is 5.32 Å². The number of hydrogen-bond acceptors (Lipinski definition) is 3. The van der Waals surface area contributed by atoms with Crippen LogP contribution in [0.25, 0.3) is 0 Å². The van der Waals surface area contributed by atoms with Gasteiger partial charge < -0.3 is 15.0 Å². The largest absolute Gasteiger partial charge is 0.362 e. The van der Waals surface area contributed by atoms with Gasteiger partial charge in [-0.3, -0.25) is 0 Å². The highest BCUT2D eigenvalue weighted by Gasteiger charge is 2.34. The molecule has 1 fully saturated rings. The average Bonchev–Trinajstić information content (AvgIpc) is 3.21. The Balaban J connectivity index is 1.38. The molecule has 0 saturated carbocycles. The van der Waals surface area contributed by atoms with Crippen LogP contribution in [-0.4, -0.2) is 30.1 Å².